The van der Waals surface area contributed by atoms with E-state index in [4.69, 9.17) is 21.7 Å². The molecule has 0 aliphatic carbocycles. The Hall–Kier alpha value is -2.85. The number of aryl methyl sites for hydroxylation is 1. The highest BCUT2D eigenvalue weighted by Gasteiger charge is 2.32. The first-order chi connectivity index (χ1) is 17.1. The van der Waals surface area contributed by atoms with Gasteiger partial charge in [0.15, 0.2) is 5.65 Å². The third-order valence-corrected chi connectivity index (χ3v) is 7.80. The minimum absolute atomic E-state index is 0.216. The van der Waals surface area contributed by atoms with Gasteiger partial charge in [-0.1, -0.05) is 18.5 Å². The summed E-state index contributed by atoms with van der Waals surface area (Å²) in [6.45, 7) is 6.82. The smallest absolute Gasteiger partial charge is 0.256 e. The molecule has 0 radical (unpaired) electrons. The van der Waals surface area contributed by atoms with Crippen molar-refractivity contribution in [2.24, 2.45) is 5.92 Å². The number of carbonyl (C=O) groups excluding carboxylic acids is 1. The summed E-state index contributed by atoms with van der Waals surface area (Å²) in [6, 6.07) is 8.40. The lowest BCUT2D eigenvalue weighted by molar-refractivity contribution is 0.0607. The van der Waals surface area contributed by atoms with Crippen LogP contribution in [0, 0.1) is 12.8 Å². The van der Waals surface area contributed by atoms with E-state index in [9.17, 15) is 13.2 Å². The number of amides is 1. The van der Waals surface area contributed by atoms with Crippen LogP contribution in [-0.2, 0) is 10.0 Å². The molecule has 2 fully saturated rings. The Balaban J connectivity index is 1.49. The zero-order valence-corrected chi connectivity index (χ0v) is 22.3. The van der Waals surface area contributed by atoms with Crippen LogP contribution in [0.1, 0.15) is 60.4 Å². The molecule has 2 aromatic heterocycles. The molecule has 0 unspecified atom stereocenters. The van der Waals surface area contributed by atoms with E-state index in [2.05, 4.69) is 22.6 Å². The summed E-state index contributed by atoms with van der Waals surface area (Å²) in [5.41, 5.74) is 2.98. The second kappa shape index (κ2) is 9.55. The van der Waals surface area contributed by atoms with Crippen molar-refractivity contribution in [3.8, 4) is 0 Å². The number of benzene rings is 1. The zero-order valence-electron chi connectivity index (χ0n) is 20.7. The fourth-order valence-corrected chi connectivity index (χ4v) is 5.96. The van der Waals surface area contributed by atoms with Crippen molar-refractivity contribution in [2.45, 2.75) is 45.6 Å². The number of carbonyl (C=O) groups is 1. The number of piperidine rings is 1. The number of rotatable bonds is 5. The number of hydrogen-bond donors (Lipinski definition) is 1. The lowest BCUT2D eigenvalue weighted by Crippen LogP contribution is -2.39. The zero-order chi connectivity index (χ0) is 25.6. The number of likely N-dealkylation sites (tertiary alicyclic amines) is 1. The standard InChI is InChI=1S/C25H31ClN6O3S/c1-16-9-11-30(15-16)23-12-17(2)32-24(27-23)14-21(28-32)22-6-4-5-10-31(22)25(33)19-13-18(26)7-8-20(19)29-36(3,34)35/h7-8,12-14,16,22,29H,4-6,9-11,15H2,1-3H3/t16-,22+/m1/s1. The summed E-state index contributed by atoms with van der Waals surface area (Å²) in [5, 5.41) is 5.21. The maximum atomic E-state index is 13.8. The maximum Gasteiger partial charge on any atom is 0.256 e. The monoisotopic (exact) mass is 530 g/mol. The molecule has 2 atom stereocenters. The van der Waals surface area contributed by atoms with Gasteiger partial charge < -0.3 is 9.80 Å². The first-order valence-electron chi connectivity index (χ1n) is 12.3. The lowest BCUT2D eigenvalue weighted by Gasteiger charge is -2.35. The van der Waals surface area contributed by atoms with Crippen molar-refractivity contribution in [2.75, 3.05) is 35.5 Å². The van der Waals surface area contributed by atoms with Crippen molar-refractivity contribution in [1.29, 1.82) is 0 Å². The molecular weight excluding hydrogens is 500 g/mol. The predicted molar refractivity (Wildman–Crippen MR) is 141 cm³/mol. The van der Waals surface area contributed by atoms with Crippen LogP contribution in [-0.4, -0.2) is 59.7 Å². The molecule has 1 N–H and O–H groups in total. The highest BCUT2D eigenvalue weighted by Crippen LogP contribution is 2.34. The van der Waals surface area contributed by atoms with Gasteiger partial charge in [0.2, 0.25) is 10.0 Å². The summed E-state index contributed by atoms with van der Waals surface area (Å²) >= 11 is 6.20. The Bertz CT molecular complexity index is 1420. The third kappa shape index (κ3) is 5.01. The van der Waals surface area contributed by atoms with Gasteiger partial charge in [-0.05, 0) is 56.7 Å². The van der Waals surface area contributed by atoms with Gasteiger partial charge in [-0.15, -0.1) is 0 Å². The summed E-state index contributed by atoms with van der Waals surface area (Å²) in [4.78, 5) is 22.7. The van der Waals surface area contributed by atoms with Gasteiger partial charge in [0, 0.05) is 42.5 Å². The highest BCUT2D eigenvalue weighted by molar-refractivity contribution is 7.92. The molecule has 0 spiro atoms. The summed E-state index contributed by atoms with van der Waals surface area (Å²) < 4.78 is 28.1. The summed E-state index contributed by atoms with van der Waals surface area (Å²) in [5.74, 6) is 1.34. The van der Waals surface area contributed by atoms with Gasteiger partial charge >= 0.3 is 0 Å². The van der Waals surface area contributed by atoms with Crippen molar-refractivity contribution >= 4 is 44.7 Å². The molecule has 5 rings (SSSR count). The molecule has 0 bridgehead atoms. The Labute approximate surface area is 216 Å². The lowest BCUT2D eigenvalue weighted by atomic mass is 9.98. The van der Waals surface area contributed by atoms with E-state index in [-0.39, 0.29) is 23.2 Å². The topological polar surface area (TPSA) is 99.9 Å². The van der Waals surface area contributed by atoms with E-state index < -0.39 is 10.0 Å². The molecule has 2 saturated heterocycles. The first kappa shape index (κ1) is 24.8. The molecule has 3 aromatic rings. The van der Waals surface area contributed by atoms with E-state index in [0.29, 0.717) is 17.5 Å². The Morgan fingerprint density at radius 1 is 1.14 bits per heavy atom. The minimum Gasteiger partial charge on any atom is -0.356 e. The number of hydrogen-bond acceptors (Lipinski definition) is 6. The van der Waals surface area contributed by atoms with Gasteiger partial charge in [0.25, 0.3) is 5.91 Å². The second-order valence-electron chi connectivity index (χ2n) is 10.0. The first-order valence-corrected chi connectivity index (χ1v) is 14.6. The largest absolute Gasteiger partial charge is 0.356 e. The van der Waals surface area contributed by atoms with E-state index in [1.165, 1.54) is 12.1 Å². The SMILES string of the molecule is Cc1cc(N2CC[C@@H](C)C2)nc2cc([C@@H]3CCCCN3C(=O)c3cc(Cl)ccc3NS(C)(=O)=O)nn12. The molecule has 1 amide bonds. The molecule has 192 valence electrons. The molecule has 11 heteroatoms. The molecule has 1 aromatic carbocycles. The van der Waals surface area contributed by atoms with E-state index >= 15 is 0 Å². The van der Waals surface area contributed by atoms with Crippen LogP contribution in [0.5, 0.6) is 0 Å². The number of sulfonamides is 1. The third-order valence-electron chi connectivity index (χ3n) is 6.97. The number of nitrogens with one attached hydrogen (secondary N) is 1. The van der Waals surface area contributed by atoms with Crippen LogP contribution in [0.2, 0.25) is 5.02 Å². The summed E-state index contributed by atoms with van der Waals surface area (Å²) in [6.07, 6.45) is 4.81. The fraction of sp³-hybridized carbons (Fsp3) is 0.480. The van der Waals surface area contributed by atoms with E-state index in [1.54, 1.807) is 11.0 Å². The predicted octanol–water partition coefficient (Wildman–Crippen LogP) is 4.28. The fourth-order valence-electron chi connectivity index (χ4n) is 5.21. The second-order valence-corrected chi connectivity index (χ2v) is 12.2. The molecule has 2 aliphatic rings. The van der Waals surface area contributed by atoms with Gasteiger partial charge in [0.05, 0.1) is 29.2 Å². The molecule has 9 nitrogen and oxygen atoms in total. The van der Waals surface area contributed by atoms with Crippen molar-refractivity contribution < 1.29 is 13.2 Å². The average molecular weight is 531 g/mol. The molecule has 36 heavy (non-hydrogen) atoms. The van der Waals surface area contributed by atoms with Crippen LogP contribution < -0.4 is 9.62 Å². The minimum atomic E-state index is -3.57. The molecule has 2 aliphatic heterocycles. The molecule has 0 saturated carbocycles. The average Bonchev–Trinajstić information content (AvgIpc) is 3.45. The number of fused-ring (bicyclic) bond motifs is 1. The Morgan fingerprint density at radius 3 is 2.67 bits per heavy atom. The Morgan fingerprint density at radius 2 is 1.94 bits per heavy atom. The highest BCUT2D eigenvalue weighted by atomic mass is 35.5. The number of aromatic nitrogens is 3. The van der Waals surface area contributed by atoms with Crippen molar-refractivity contribution in [3.05, 3.63) is 52.3 Å². The normalized spacial score (nSPS) is 20.8. The van der Waals surface area contributed by atoms with Crippen molar-refractivity contribution in [3.63, 3.8) is 0 Å². The van der Waals surface area contributed by atoms with Crippen LogP contribution >= 0.6 is 11.6 Å². The van der Waals surface area contributed by atoms with Gasteiger partial charge in [-0.3, -0.25) is 9.52 Å². The number of halogens is 1. The van der Waals surface area contributed by atoms with Crippen LogP contribution in [0.3, 0.4) is 0 Å². The van der Waals surface area contributed by atoms with E-state index in [0.717, 1.165) is 67.9 Å². The van der Waals surface area contributed by atoms with Crippen LogP contribution in [0.15, 0.2) is 30.3 Å². The molecular formula is C25H31ClN6O3S. The number of anilines is 2. The van der Waals surface area contributed by atoms with Gasteiger partial charge in [0.1, 0.15) is 5.82 Å². The van der Waals surface area contributed by atoms with Crippen LogP contribution in [0.25, 0.3) is 5.65 Å². The van der Waals surface area contributed by atoms with E-state index in [1.807, 2.05) is 17.5 Å². The number of nitrogens with zero attached hydrogens (tertiary/aromatic N) is 5. The molecule has 4 heterocycles. The quantitative estimate of drug-likeness (QED) is 0.528. The summed E-state index contributed by atoms with van der Waals surface area (Å²) in [7, 11) is -3.57. The maximum absolute atomic E-state index is 13.8. The van der Waals surface area contributed by atoms with Gasteiger partial charge in [-0.25, -0.2) is 17.9 Å². The van der Waals surface area contributed by atoms with Crippen LogP contribution in [0.4, 0.5) is 11.5 Å². The Kier molecular flexibility index (Phi) is 6.59. The van der Waals surface area contributed by atoms with Gasteiger partial charge in [-0.2, -0.15) is 5.10 Å². The van der Waals surface area contributed by atoms with Crippen molar-refractivity contribution in [1.82, 2.24) is 19.5 Å².